The first-order valence-corrected chi connectivity index (χ1v) is 6.79. The summed E-state index contributed by atoms with van der Waals surface area (Å²) in [4.78, 5) is 24.8. The van der Waals surface area contributed by atoms with Gasteiger partial charge in [-0.2, -0.15) is 0 Å². The topological polar surface area (TPSA) is 57.6 Å². The van der Waals surface area contributed by atoms with Crippen molar-refractivity contribution in [2.24, 2.45) is 0 Å². The monoisotopic (exact) mass is 329 g/mol. The van der Waals surface area contributed by atoms with Crippen LogP contribution >= 0.6 is 15.9 Å². The van der Waals surface area contributed by atoms with Crippen LogP contribution in [0, 0.1) is 5.82 Å². The summed E-state index contributed by atoms with van der Waals surface area (Å²) in [5, 5.41) is 9.14. The molecule has 0 bridgehead atoms. The third-order valence-corrected chi connectivity index (χ3v) is 3.89. The van der Waals surface area contributed by atoms with Crippen LogP contribution in [-0.2, 0) is 4.79 Å². The zero-order chi connectivity index (χ0) is 14.0. The van der Waals surface area contributed by atoms with Crippen LogP contribution in [0.2, 0.25) is 0 Å². The molecule has 0 spiro atoms. The molecule has 0 unspecified atom stereocenters. The van der Waals surface area contributed by atoms with Gasteiger partial charge < -0.3 is 10.0 Å². The molecule has 1 heterocycles. The molecule has 102 valence electrons. The van der Waals surface area contributed by atoms with Gasteiger partial charge in [0.2, 0.25) is 0 Å². The van der Waals surface area contributed by atoms with E-state index in [-0.39, 0.29) is 5.56 Å². The van der Waals surface area contributed by atoms with Gasteiger partial charge in [0.25, 0.3) is 5.91 Å². The Kier molecular flexibility index (Phi) is 4.19. The van der Waals surface area contributed by atoms with Gasteiger partial charge in [-0.1, -0.05) is 6.07 Å². The number of benzene rings is 1. The number of hydrogen-bond acceptors (Lipinski definition) is 2. The summed E-state index contributed by atoms with van der Waals surface area (Å²) in [5.41, 5.74) is -0.101. The zero-order valence-electron chi connectivity index (χ0n) is 10.1. The number of nitrogens with zero attached hydrogens (tertiary/aromatic N) is 1. The van der Waals surface area contributed by atoms with Gasteiger partial charge in [-0.25, -0.2) is 9.18 Å². The molecule has 1 aromatic carbocycles. The summed E-state index contributed by atoms with van der Waals surface area (Å²) in [7, 11) is 0. The van der Waals surface area contributed by atoms with E-state index < -0.39 is 23.7 Å². The van der Waals surface area contributed by atoms with Crippen molar-refractivity contribution < 1.29 is 19.1 Å². The van der Waals surface area contributed by atoms with Gasteiger partial charge in [-0.15, -0.1) is 0 Å². The van der Waals surface area contributed by atoms with E-state index in [2.05, 4.69) is 15.9 Å². The third-order valence-electron chi connectivity index (χ3n) is 3.23. The van der Waals surface area contributed by atoms with Gasteiger partial charge in [-0.3, -0.25) is 4.79 Å². The minimum Gasteiger partial charge on any atom is -0.480 e. The Morgan fingerprint density at radius 3 is 2.74 bits per heavy atom. The summed E-state index contributed by atoms with van der Waals surface area (Å²) in [6, 6.07) is 3.38. The number of amides is 1. The lowest BCUT2D eigenvalue weighted by atomic mass is 10.0. The van der Waals surface area contributed by atoms with E-state index in [1.54, 1.807) is 6.07 Å². The Balaban J connectivity index is 2.34. The van der Waals surface area contributed by atoms with Gasteiger partial charge in [0.15, 0.2) is 0 Å². The fourth-order valence-corrected chi connectivity index (χ4v) is 2.79. The first kappa shape index (κ1) is 14.0. The van der Waals surface area contributed by atoms with Crippen molar-refractivity contribution >= 4 is 27.8 Å². The highest BCUT2D eigenvalue weighted by molar-refractivity contribution is 9.10. The number of hydrogen-bond donors (Lipinski definition) is 1. The second kappa shape index (κ2) is 5.69. The van der Waals surface area contributed by atoms with E-state index in [9.17, 15) is 14.0 Å². The van der Waals surface area contributed by atoms with Crippen molar-refractivity contribution in [2.75, 3.05) is 6.54 Å². The molecule has 1 saturated heterocycles. The van der Waals surface area contributed by atoms with E-state index in [0.29, 0.717) is 17.4 Å². The lowest BCUT2D eigenvalue weighted by molar-refractivity contribution is -0.143. The highest BCUT2D eigenvalue weighted by atomic mass is 79.9. The SMILES string of the molecule is O=C(O)[C@H]1CCCCN1C(=O)c1c(F)cccc1Br. The molecule has 1 atom stereocenters. The Bertz CT molecular complexity index is 500. The first-order chi connectivity index (χ1) is 9.02. The van der Waals surface area contributed by atoms with Crippen molar-refractivity contribution in [1.82, 2.24) is 4.90 Å². The van der Waals surface area contributed by atoms with Gasteiger partial charge >= 0.3 is 5.97 Å². The quantitative estimate of drug-likeness (QED) is 0.907. The molecule has 1 amide bonds. The van der Waals surface area contributed by atoms with Crippen LogP contribution in [0.1, 0.15) is 29.6 Å². The highest BCUT2D eigenvalue weighted by Gasteiger charge is 2.34. The Morgan fingerprint density at radius 2 is 2.11 bits per heavy atom. The van der Waals surface area contributed by atoms with Crippen LogP contribution in [0.5, 0.6) is 0 Å². The van der Waals surface area contributed by atoms with Crippen LogP contribution in [-0.4, -0.2) is 34.5 Å². The molecular weight excluding hydrogens is 317 g/mol. The van der Waals surface area contributed by atoms with Crippen molar-refractivity contribution in [3.63, 3.8) is 0 Å². The lowest BCUT2D eigenvalue weighted by Gasteiger charge is -2.33. The molecule has 0 saturated carbocycles. The summed E-state index contributed by atoms with van der Waals surface area (Å²) in [6.45, 7) is 0.344. The summed E-state index contributed by atoms with van der Waals surface area (Å²) in [5.74, 6) is -2.26. The van der Waals surface area contributed by atoms with Crippen LogP contribution in [0.3, 0.4) is 0 Å². The van der Waals surface area contributed by atoms with Gasteiger partial charge in [-0.05, 0) is 47.3 Å². The Morgan fingerprint density at radius 1 is 1.37 bits per heavy atom. The Hall–Kier alpha value is -1.43. The maximum Gasteiger partial charge on any atom is 0.326 e. The number of aliphatic carboxylic acids is 1. The first-order valence-electron chi connectivity index (χ1n) is 6.00. The Labute approximate surface area is 118 Å². The molecular formula is C13H13BrFNO3. The number of carboxylic acid groups (broad SMARTS) is 1. The van der Waals surface area contributed by atoms with E-state index in [4.69, 9.17) is 5.11 Å². The molecule has 1 aliphatic heterocycles. The molecule has 0 aliphatic carbocycles. The minimum absolute atomic E-state index is 0.101. The predicted molar refractivity (Wildman–Crippen MR) is 70.4 cm³/mol. The summed E-state index contributed by atoms with van der Waals surface area (Å²) < 4.78 is 14.1. The smallest absolute Gasteiger partial charge is 0.326 e. The fraction of sp³-hybridized carbons (Fsp3) is 0.385. The van der Waals surface area contributed by atoms with Crippen molar-refractivity contribution in [3.8, 4) is 0 Å². The van der Waals surface area contributed by atoms with Crippen molar-refractivity contribution in [3.05, 3.63) is 34.1 Å². The molecule has 0 radical (unpaired) electrons. The average Bonchev–Trinajstić information content (AvgIpc) is 2.38. The third kappa shape index (κ3) is 2.78. The molecule has 1 aromatic rings. The fourth-order valence-electron chi connectivity index (χ4n) is 2.28. The number of likely N-dealkylation sites (tertiary alicyclic amines) is 1. The highest BCUT2D eigenvalue weighted by Crippen LogP contribution is 2.25. The van der Waals surface area contributed by atoms with E-state index in [1.165, 1.54) is 17.0 Å². The maximum atomic E-state index is 13.8. The van der Waals surface area contributed by atoms with Crippen LogP contribution < -0.4 is 0 Å². The molecule has 1 fully saturated rings. The lowest BCUT2D eigenvalue weighted by Crippen LogP contribution is -2.48. The van der Waals surface area contributed by atoms with E-state index in [1.807, 2.05) is 0 Å². The average molecular weight is 330 g/mol. The molecule has 6 heteroatoms. The number of carboxylic acids is 1. The molecule has 0 aromatic heterocycles. The molecule has 2 rings (SSSR count). The second-order valence-corrected chi connectivity index (χ2v) is 5.30. The maximum absolute atomic E-state index is 13.8. The van der Waals surface area contributed by atoms with Crippen LogP contribution in [0.15, 0.2) is 22.7 Å². The molecule has 1 aliphatic rings. The molecule has 1 N–H and O–H groups in total. The number of rotatable bonds is 2. The number of carbonyl (C=O) groups excluding carboxylic acids is 1. The van der Waals surface area contributed by atoms with E-state index in [0.717, 1.165) is 12.8 Å². The van der Waals surface area contributed by atoms with Crippen LogP contribution in [0.25, 0.3) is 0 Å². The normalized spacial score (nSPS) is 19.3. The summed E-state index contributed by atoms with van der Waals surface area (Å²) in [6.07, 6.45) is 1.91. The largest absolute Gasteiger partial charge is 0.480 e. The van der Waals surface area contributed by atoms with Gasteiger partial charge in [0.1, 0.15) is 11.9 Å². The standard InChI is InChI=1S/C13H13BrFNO3/c14-8-4-3-5-9(15)11(8)12(17)16-7-2-1-6-10(16)13(18)19/h3-5,10H,1-2,6-7H2,(H,18,19)/t10-/m1/s1. The number of carbonyl (C=O) groups is 2. The molecule has 4 nitrogen and oxygen atoms in total. The zero-order valence-corrected chi connectivity index (χ0v) is 11.7. The van der Waals surface area contributed by atoms with Crippen molar-refractivity contribution in [1.29, 1.82) is 0 Å². The number of halogens is 2. The predicted octanol–water partition coefficient (Wildman–Crippen LogP) is 2.67. The van der Waals surface area contributed by atoms with Crippen LogP contribution in [0.4, 0.5) is 4.39 Å². The van der Waals surface area contributed by atoms with Gasteiger partial charge in [0.05, 0.1) is 5.56 Å². The van der Waals surface area contributed by atoms with E-state index >= 15 is 0 Å². The minimum atomic E-state index is -1.04. The van der Waals surface area contributed by atoms with Gasteiger partial charge in [0, 0.05) is 11.0 Å². The molecule has 19 heavy (non-hydrogen) atoms. The number of piperidine rings is 1. The second-order valence-electron chi connectivity index (χ2n) is 4.45. The van der Waals surface area contributed by atoms with Crippen molar-refractivity contribution in [2.45, 2.75) is 25.3 Å². The summed E-state index contributed by atoms with van der Waals surface area (Å²) >= 11 is 3.14.